The molecule has 0 saturated carbocycles. The van der Waals surface area contributed by atoms with Crippen LogP contribution in [0, 0.1) is 0 Å². The smallest absolute Gasteiger partial charge is 0.252 e. The highest BCUT2D eigenvalue weighted by Gasteiger charge is 2.42. The maximum absolute atomic E-state index is 5.87. The van der Waals surface area contributed by atoms with E-state index in [0.717, 1.165) is 28.1 Å². The first-order chi connectivity index (χ1) is 44.5. The second kappa shape index (κ2) is 20.0. The van der Waals surface area contributed by atoms with Crippen molar-refractivity contribution >= 4 is 110 Å². The topological polar surface area (TPSA) is 48.5 Å². The van der Waals surface area contributed by atoms with Crippen LogP contribution < -0.4 is 16.4 Å². The van der Waals surface area contributed by atoms with Crippen LogP contribution in [-0.2, 0) is 0 Å². The van der Waals surface area contributed by atoms with Crippen molar-refractivity contribution in [3.05, 3.63) is 253 Å². The molecule has 2 aliphatic rings. The number of nitrogens with zero attached hydrogens (tertiary/aromatic N) is 5. The molecule has 13 aromatic carbocycles. The molecule has 434 valence electrons. The first-order valence-electron chi connectivity index (χ1n) is 32.7. The summed E-state index contributed by atoms with van der Waals surface area (Å²) in [6.45, 7) is 18.2. The first-order valence-corrected chi connectivity index (χ1v) is 32.7. The number of fused-ring (bicyclic) bond motifs is 19. The second-order valence-corrected chi connectivity index (χ2v) is 26.9. The Kier molecular flexibility index (Phi) is 11.8. The largest absolute Gasteiger partial charge is 0.310 e. The van der Waals surface area contributed by atoms with Crippen molar-refractivity contribution in [2.75, 3.05) is 0 Å². The zero-order valence-electron chi connectivity index (χ0n) is 52.6. The lowest BCUT2D eigenvalue weighted by Gasteiger charge is -2.34. The van der Waals surface area contributed by atoms with Gasteiger partial charge >= 0.3 is 0 Å². The lowest BCUT2D eigenvalue weighted by Crippen LogP contribution is -2.59. The van der Waals surface area contributed by atoms with Gasteiger partial charge in [-0.2, -0.15) is 0 Å². The molecule has 0 fully saturated rings. The van der Waals surface area contributed by atoms with Crippen LogP contribution >= 0.6 is 0 Å². The molecule has 16 aromatic rings. The van der Waals surface area contributed by atoms with Crippen LogP contribution in [0.1, 0.15) is 101 Å². The number of hydrogen-bond donors (Lipinski definition) is 0. The quantitative estimate of drug-likeness (QED) is 0.107. The molecule has 0 saturated heterocycles. The summed E-state index contributed by atoms with van der Waals surface area (Å²) in [6.07, 6.45) is 0. The Hall–Kier alpha value is -10.4. The van der Waals surface area contributed by atoms with Gasteiger partial charge in [0.05, 0.1) is 11.0 Å². The van der Waals surface area contributed by atoms with Crippen molar-refractivity contribution in [3.8, 4) is 67.8 Å². The maximum atomic E-state index is 5.87. The first kappa shape index (κ1) is 53.6. The molecule has 0 amide bonds. The Labute approximate surface area is 530 Å². The van der Waals surface area contributed by atoms with Crippen molar-refractivity contribution in [1.29, 1.82) is 0 Å². The van der Waals surface area contributed by atoms with Gasteiger partial charge in [0.1, 0.15) is 0 Å². The van der Waals surface area contributed by atoms with Gasteiger partial charge in [-0.3, -0.25) is 0 Å². The number of benzene rings is 13. The van der Waals surface area contributed by atoms with Gasteiger partial charge in [-0.25, -0.2) is 15.0 Å². The summed E-state index contributed by atoms with van der Waals surface area (Å²) in [4.78, 5) is 17.5. The number of rotatable bonds is 9. The van der Waals surface area contributed by atoms with Gasteiger partial charge in [0.2, 0.25) is 0 Å². The zero-order chi connectivity index (χ0) is 61.2. The highest BCUT2D eigenvalue weighted by molar-refractivity contribution is 7.00. The molecular formula is C85H66BN5. The average molecular weight is 1170 g/mol. The molecule has 0 radical (unpaired) electrons. The third-order valence-electron chi connectivity index (χ3n) is 20.4. The molecule has 0 atom stereocenters. The average Bonchev–Trinajstić information content (AvgIpc) is 1.54. The minimum absolute atomic E-state index is 0.152. The summed E-state index contributed by atoms with van der Waals surface area (Å²) in [6, 6.07) is 87.2. The van der Waals surface area contributed by atoms with Crippen LogP contribution in [0.3, 0.4) is 0 Å². The van der Waals surface area contributed by atoms with E-state index >= 15 is 0 Å². The van der Waals surface area contributed by atoms with Crippen LogP contribution in [0.5, 0.6) is 0 Å². The monoisotopic (exact) mass is 1170 g/mol. The van der Waals surface area contributed by atoms with E-state index in [2.05, 4.69) is 295 Å². The lowest BCUT2D eigenvalue weighted by atomic mass is 9.34. The SMILES string of the molecule is CC(C)c1cccc(C(C)C)c1-c1nc(-c2cc3c4c(c2)-n2c5ccc6c7ccccc7c7ccccc7c6c5c5cc(-c6ccccc6-c6ccccc6)cc(c52)B4c2cccc4c5c6ccccc6ccc5n-3c24)nc(-c2c(C(C)C)cccc2C(C)C)n1. The Morgan fingerprint density at radius 2 is 0.769 bits per heavy atom. The number of hydrogen-bond acceptors (Lipinski definition) is 3. The maximum Gasteiger partial charge on any atom is 0.252 e. The minimum atomic E-state index is -0.152. The highest BCUT2D eigenvalue weighted by Crippen LogP contribution is 2.49. The van der Waals surface area contributed by atoms with E-state index in [1.54, 1.807) is 0 Å². The van der Waals surface area contributed by atoms with E-state index in [4.69, 9.17) is 15.0 Å². The molecule has 91 heavy (non-hydrogen) atoms. The molecule has 5 nitrogen and oxygen atoms in total. The summed E-state index contributed by atoms with van der Waals surface area (Å²) >= 11 is 0. The molecule has 6 heteroatoms. The number of para-hydroxylation sites is 1. The highest BCUT2D eigenvalue weighted by atomic mass is 15.1. The third kappa shape index (κ3) is 7.69. The molecule has 3 aromatic heterocycles. The summed E-state index contributed by atoms with van der Waals surface area (Å²) in [5, 5.41) is 15.0. The fourth-order valence-electron chi connectivity index (χ4n) is 16.5. The molecule has 2 aliphatic heterocycles. The zero-order valence-corrected chi connectivity index (χ0v) is 52.6. The predicted molar refractivity (Wildman–Crippen MR) is 387 cm³/mol. The Bertz CT molecular complexity index is 5630. The van der Waals surface area contributed by atoms with Gasteiger partial charge < -0.3 is 9.13 Å². The molecular weight excluding hydrogens is 1100 g/mol. The molecule has 5 heterocycles. The normalized spacial score (nSPS) is 12.8. The minimum Gasteiger partial charge on any atom is -0.310 e. The fraction of sp³-hybridized carbons (Fsp3) is 0.141. The van der Waals surface area contributed by atoms with E-state index in [-0.39, 0.29) is 30.4 Å². The van der Waals surface area contributed by atoms with Crippen LogP contribution in [0.2, 0.25) is 0 Å². The molecule has 0 bridgehead atoms. The molecule has 18 rings (SSSR count). The Balaban J connectivity index is 1.04. The van der Waals surface area contributed by atoms with Crippen molar-refractivity contribution in [3.63, 3.8) is 0 Å². The van der Waals surface area contributed by atoms with E-state index in [9.17, 15) is 0 Å². The van der Waals surface area contributed by atoms with Crippen LogP contribution in [0.25, 0.3) is 154 Å². The van der Waals surface area contributed by atoms with E-state index in [1.165, 1.54) is 148 Å². The van der Waals surface area contributed by atoms with E-state index in [1.807, 2.05) is 0 Å². The lowest BCUT2D eigenvalue weighted by molar-refractivity contribution is 0.828. The van der Waals surface area contributed by atoms with Gasteiger partial charge in [0, 0.05) is 66.0 Å². The summed E-state index contributed by atoms with van der Waals surface area (Å²) in [7, 11) is 0. The summed E-state index contributed by atoms with van der Waals surface area (Å²) in [5.74, 6) is 2.97. The summed E-state index contributed by atoms with van der Waals surface area (Å²) in [5.41, 5.74) is 23.9. The Morgan fingerprint density at radius 1 is 0.308 bits per heavy atom. The van der Waals surface area contributed by atoms with Crippen LogP contribution in [-0.4, -0.2) is 30.8 Å². The predicted octanol–water partition coefficient (Wildman–Crippen LogP) is 20.7. The van der Waals surface area contributed by atoms with Crippen molar-refractivity contribution in [1.82, 2.24) is 24.1 Å². The number of aromatic nitrogens is 5. The van der Waals surface area contributed by atoms with Crippen LogP contribution in [0.4, 0.5) is 0 Å². The second-order valence-electron chi connectivity index (χ2n) is 26.9. The van der Waals surface area contributed by atoms with E-state index < -0.39 is 0 Å². The fourth-order valence-corrected chi connectivity index (χ4v) is 16.5. The van der Waals surface area contributed by atoms with Gasteiger partial charge in [-0.1, -0.05) is 256 Å². The Morgan fingerprint density at radius 3 is 1.37 bits per heavy atom. The van der Waals surface area contributed by atoms with Crippen molar-refractivity contribution in [2.24, 2.45) is 0 Å². The molecule has 0 spiro atoms. The molecule has 0 N–H and O–H groups in total. The third-order valence-corrected chi connectivity index (χ3v) is 20.4. The van der Waals surface area contributed by atoms with Crippen molar-refractivity contribution in [2.45, 2.75) is 79.1 Å². The summed E-state index contributed by atoms with van der Waals surface area (Å²) < 4.78 is 5.27. The van der Waals surface area contributed by atoms with Crippen LogP contribution in [0.15, 0.2) is 231 Å². The van der Waals surface area contributed by atoms with Gasteiger partial charge in [-0.15, -0.1) is 0 Å². The van der Waals surface area contributed by atoms with Gasteiger partial charge in [0.25, 0.3) is 6.71 Å². The standard InChI is InChI=1S/C85H66BN5/c1-47(2)55-33-20-34-56(48(3)4)77(55)84-87-83(88-85(89-84)78-57(49(5)6)35-21-36-58(78)50(7)8)54-45-73-80-74(46-54)91-72-42-40-66-64-31-17-16-29-62(64)63-30-18-19-32-65(63)76(66)79(72)68-43-53(60-27-15-14-26-59(60)51-23-10-9-11-24-51)44-70(82(68)91)86(80)69-38-22-37-67-75-61-28-13-12-25-52(61)39-41-71(75)90(73)81(67)69/h9-50H,1-8H3. The van der Waals surface area contributed by atoms with E-state index in [0.29, 0.717) is 17.5 Å². The van der Waals surface area contributed by atoms with Crippen molar-refractivity contribution < 1.29 is 0 Å². The van der Waals surface area contributed by atoms with Gasteiger partial charge in [0.15, 0.2) is 17.5 Å². The van der Waals surface area contributed by atoms with Gasteiger partial charge in [-0.05, 0) is 153 Å². The molecule has 0 unspecified atom stereocenters. The molecule has 0 aliphatic carbocycles.